The van der Waals surface area contributed by atoms with Crippen LogP contribution in [-0.4, -0.2) is 0 Å². The quantitative estimate of drug-likeness (QED) is 0.159. The van der Waals surface area contributed by atoms with Crippen molar-refractivity contribution in [3.63, 3.8) is 0 Å². The van der Waals surface area contributed by atoms with Crippen LogP contribution in [0.2, 0.25) is 0 Å². The molecule has 12 aromatic rings. The molecule has 0 aliphatic heterocycles. The minimum absolute atomic E-state index is 1.23. The second-order valence-electron chi connectivity index (χ2n) is 14.4. The molecule has 0 saturated carbocycles. The van der Waals surface area contributed by atoms with Gasteiger partial charge < -0.3 is 0 Å². The van der Waals surface area contributed by atoms with E-state index in [1.807, 2.05) is 22.7 Å². The van der Waals surface area contributed by atoms with E-state index in [2.05, 4.69) is 182 Å². The Morgan fingerprint density at radius 1 is 0.222 bits per heavy atom. The number of benzene rings is 10. The molecule has 0 bridgehead atoms. The highest BCUT2D eigenvalue weighted by Crippen LogP contribution is 2.49. The summed E-state index contributed by atoms with van der Waals surface area (Å²) in [6.45, 7) is 0. The number of hydrogen-bond donors (Lipinski definition) is 0. The summed E-state index contributed by atoms with van der Waals surface area (Å²) in [6.07, 6.45) is 0. The lowest BCUT2D eigenvalue weighted by molar-refractivity contribution is 1.64. The van der Waals surface area contributed by atoms with E-state index < -0.39 is 0 Å². The van der Waals surface area contributed by atoms with E-state index in [1.54, 1.807) is 0 Å². The van der Waals surface area contributed by atoms with Crippen molar-refractivity contribution in [2.75, 3.05) is 0 Å². The summed E-state index contributed by atoms with van der Waals surface area (Å²) in [5.41, 5.74) is 10.0. The summed E-state index contributed by atoms with van der Waals surface area (Å²) >= 11 is 3.75. The van der Waals surface area contributed by atoms with Crippen LogP contribution in [0.5, 0.6) is 0 Å². The molecule has 2 heteroatoms. The van der Waals surface area contributed by atoms with Crippen LogP contribution < -0.4 is 0 Å². The molecule has 0 aliphatic rings. The fourth-order valence-corrected chi connectivity index (χ4v) is 11.1. The third kappa shape index (κ3) is 4.42. The Balaban J connectivity index is 1.22. The Bertz CT molecular complexity index is 3190. The van der Waals surface area contributed by atoms with Gasteiger partial charge in [-0.05, 0) is 125 Å². The number of thiophene rings is 2. The molecule has 2 aromatic heterocycles. The van der Waals surface area contributed by atoms with Gasteiger partial charge in [0, 0.05) is 40.3 Å². The van der Waals surface area contributed by atoms with Crippen LogP contribution in [0, 0.1) is 0 Å². The number of rotatable bonds is 4. The van der Waals surface area contributed by atoms with Gasteiger partial charge in [-0.15, -0.1) is 22.7 Å². The largest absolute Gasteiger partial charge is 0.135 e. The van der Waals surface area contributed by atoms with Gasteiger partial charge in [0.2, 0.25) is 0 Å². The van der Waals surface area contributed by atoms with Gasteiger partial charge in [0.1, 0.15) is 0 Å². The molecule has 0 atom stereocenters. The van der Waals surface area contributed by atoms with Crippen molar-refractivity contribution in [2.45, 2.75) is 0 Å². The summed E-state index contributed by atoms with van der Waals surface area (Å²) in [5.74, 6) is 0. The summed E-state index contributed by atoms with van der Waals surface area (Å²) < 4.78 is 5.32. The average molecular weight is 719 g/mol. The number of fused-ring (bicyclic) bond motifs is 6. The monoisotopic (exact) mass is 718 g/mol. The second-order valence-corrected chi connectivity index (χ2v) is 16.5. The van der Waals surface area contributed by atoms with Crippen molar-refractivity contribution < 1.29 is 0 Å². The predicted octanol–water partition coefficient (Wildman–Crippen LogP) is 16.0. The Morgan fingerprint density at radius 3 is 1.00 bits per heavy atom. The van der Waals surface area contributed by atoms with Crippen LogP contribution in [-0.2, 0) is 0 Å². The Labute approximate surface area is 320 Å². The molecule has 2 heterocycles. The molecule has 0 aliphatic carbocycles. The first-order valence-electron chi connectivity index (χ1n) is 18.5. The van der Waals surface area contributed by atoms with Crippen LogP contribution >= 0.6 is 22.7 Å². The maximum Gasteiger partial charge on any atom is 0.0355 e. The molecule has 12 rings (SSSR count). The third-order valence-electron chi connectivity index (χ3n) is 11.4. The van der Waals surface area contributed by atoms with Crippen molar-refractivity contribution in [3.05, 3.63) is 182 Å². The Morgan fingerprint density at radius 2 is 0.574 bits per heavy atom. The summed E-state index contributed by atoms with van der Waals surface area (Å²) in [5, 5.41) is 13.1. The van der Waals surface area contributed by atoms with Gasteiger partial charge in [0.25, 0.3) is 0 Å². The molecular weight excluding hydrogens is 689 g/mol. The molecule has 0 spiro atoms. The Kier molecular flexibility index (Phi) is 6.48. The topological polar surface area (TPSA) is 0 Å². The maximum atomic E-state index is 2.45. The molecule has 250 valence electrons. The van der Waals surface area contributed by atoms with E-state index in [0.29, 0.717) is 0 Å². The Hall–Kier alpha value is -6.32. The van der Waals surface area contributed by atoms with Crippen molar-refractivity contribution in [1.29, 1.82) is 0 Å². The highest BCUT2D eigenvalue weighted by molar-refractivity contribution is 7.26. The molecule has 0 N–H and O–H groups in total. The first kappa shape index (κ1) is 30.2. The van der Waals surface area contributed by atoms with Crippen LogP contribution in [0.1, 0.15) is 0 Å². The van der Waals surface area contributed by atoms with Crippen LogP contribution in [0.4, 0.5) is 0 Å². The normalized spacial score (nSPS) is 12.1. The second kappa shape index (κ2) is 11.6. The first-order valence-corrected chi connectivity index (χ1v) is 20.1. The highest BCUT2D eigenvalue weighted by Gasteiger charge is 2.21. The smallest absolute Gasteiger partial charge is 0.0355 e. The fourth-order valence-electron chi connectivity index (χ4n) is 8.97. The van der Waals surface area contributed by atoms with Crippen molar-refractivity contribution >= 4 is 95.3 Å². The lowest BCUT2D eigenvalue weighted by atomic mass is 9.82. The highest BCUT2D eigenvalue weighted by atomic mass is 32.1. The zero-order valence-corrected chi connectivity index (χ0v) is 30.8. The fraction of sp³-hybridized carbons (Fsp3) is 0. The SMILES string of the molecule is c1ccc(-c2cc(-c3ccc4sc5ccccc5c4c3)c3ccc4c(-c5ccccc5)cc(-c5ccc6sc7ccccc7c6c5)c5ccc2c3c45)cc1. The van der Waals surface area contributed by atoms with E-state index >= 15 is 0 Å². The van der Waals surface area contributed by atoms with Gasteiger partial charge >= 0.3 is 0 Å². The van der Waals surface area contributed by atoms with Crippen LogP contribution in [0.15, 0.2) is 182 Å². The van der Waals surface area contributed by atoms with Gasteiger partial charge in [-0.2, -0.15) is 0 Å². The molecule has 0 amide bonds. The molecule has 10 aromatic carbocycles. The zero-order chi connectivity index (χ0) is 35.3. The average Bonchev–Trinajstić information content (AvgIpc) is 3.81. The van der Waals surface area contributed by atoms with Gasteiger partial charge in [-0.1, -0.05) is 133 Å². The number of hydrogen-bond acceptors (Lipinski definition) is 2. The summed E-state index contributed by atoms with van der Waals surface area (Å²) in [7, 11) is 0. The van der Waals surface area contributed by atoms with E-state index in [-0.39, 0.29) is 0 Å². The molecular formula is C52H30S2. The molecule has 0 saturated heterocycles. The molecule has 54 heavy (non-hydrogen) atoms. The molecule has 0 radical (unpaired) electrons. The predicted molar refractivity (Wildman–Crippen MR) is 238 cm³/mol. The van der Waals surface area contributed by atoms with Gasteiger partial charge in [0.15, 0.2) is 0 Å². The van der Waals surface area contributed by atoms with Gasteiger partial charge in [0.05, 0.1) is 0 Å². The maximum absolute atomic E-state index is 2.45. The van der Waals surface area contributed by atoms with E-state index in [0.717, 1.165) is 0 Å². The third-order valence-corrected chi connectivity index (χ3v) is 13.7. The standard InChI is InChI=1S/C52H30S2/c1-3-11-31(12-4-1)41-29-43(33-19-25-49-45(27-33)35-15-7-9-17-47(35)53-49)39-24-22-38-42(32-13-5-2-6-14-32)30-44(40-23-21-37(41)51(39)52(38)40)34-20-26-50-46(28-34)36-16-8-10-18-48(36)54-50/h1-30H. The molecule has 0 nitrogen and oxygen atoms in total. The first-order chi connectivity index (χ1) is 26.8. The molecule has 0 fully saturated rings. The minimum Gasteiger partial charge on any atom is -0.135 e. The minimum atomic E-state index is 1.23. The van der Waals surface area contributed by atoms with Crippen LogP contribution in [0.25, 0.3) is 117 Å². The van der Waals surface area contributed by atoms with Crippen molar-refractivity contribution in [3.8, 4) is 44.5 Å². The van der Waals surface area contributed by atoms with E-state index in [4.69, 9.17) is 0 Å². The lowest BCUT2D eigenvalue weighted by Gasteiger charge is -2.21. The summed E-state index contributed by atoms with van der Waals surface area (Å²) in [6, 6.07) is 68.1. The lowest BCUT2D eigenvalue weighted by Crippen LogP contribution is -1.94. The van der Waals surface area contributed by atoms with Gasteiger partial charge in [-0.3, -0.25) is 0 Å². The van der Waals surface area contributed by atoms with Gasteiger partial charge in [-0.25, -0.2) is 0 Å². The zero-order valence-electron chi connectivity index (χ0n) is 29.1. The van der Waals surface area contributed by atoms with E-state index in [1.165, 1.54) is 117 Å². The van der Waals surface area contributed by atoms with E-state index in [9.17, 15) is 0 Å². The van der Waals surface area contributed by atoms with Crippen LogP contribution in [0.3, 0.4) is 0 Å². The van der Waals surface area contributed by atoms with Crippen molar-refractivity contribution in [1.82, 2.24) is 0 Å². The summed E-state index contributed by atoms with van der Waals surface area (Å²) in [4.78, 5) is 0. The molecule has 0 unspecified atom stereocenters. The van der Waals surface area contributed by atoms with Crippen molar-refractivity contribution in [2.24, 2.45) is 0 Å².